The van der Waals surface area contributed by atoms with Gasteiger partial charge in [-0.1, -0.05) is 64.0 Å². The zero-order valence-electron chi connectivity index (χ0n) is 18.3. The number of nitrogens with one attached hydrogen (secondary N) is 1. The van der Waals surface area contributed by atoms with E-state index in [9.17, 15) is 4.79 Å². The number of hydrogen-bond donors (Lipinski definition) is 2. The number of carbonyl (C=O) groups is 1. The Labute approximate surface area is 177 Å². The van der Waals surface area contributed by atoms with E-state index >= 15 is 0 Å². The fourth-order valence-electron chi connectivity index (χ4n) is 5.46. The van der Waals surface area contributed by atoms with Gasteiger partial charge in [-0.15, -0.1) is 0 Å². The van der Waals surface area contributed by atoms with E-state index in [4.69, 9.17) is 10.5 Å². The first-order valence-corrected chi connectivity index (χ1v) is 11.9. The highest BCUT2D eigenvalue weighted by Gasteiger charge is 2.39. The van der Waals surface area contributed by atoms with E-state index in [2.05, 4.69) is 24.4 Å². The van der Waals surface area contributed by atoms with Crippen molar-refractivity contribution in [2.24, 2.45) is 23.5 Å². The van der Waals surface area contributed by atoms with Gasteiger partial charge in [-0.05, 0) is 60.6 Å². The first-order valence-electron chi connectivity index (χ1n) is 11.9. The molecule has 0 aliphatic heterocycles. The van der Waals surface area contributed by atoms with Crippen molar-refractivity contribution < 1.29 is 9.53 Å². The van der Waals surface area contributed by atoms with E-state index in [0.29, 0.717) is 13.1 Å². The highest BCUT2D eigenvalue weighted by atomic mass is 16.5. The number of rotatable bonds is 12. The second kappa shape index (κ2) is 11.6. The van der Waals surface area contributed by atoms with Gasteiger partial charge in [-0.25, -0.2) is 0 Å². The summed E-state index contributed by atoms with van der Waals surface area (Å²) in [5.74, 6) is 3.36. The molecule has 0 radical (unpaired) electrons. The van der Waals surface area contributed by atoms with E-state index < -0.39 is 0 Å². The van der Waals surface area contributed by atoms with Crippen molar-refractivity contribution in [3.63, 3.8) is 0 Å². The summed E-state index contributed by atoms with van der Waals surface area (Å²) in [5, 5.41) is 2.77. The minimum Gasteiger partial charge on any atom is -0.483 e. The molecule has 3 unspecified atom stereocenters. The summed E-state index contributed by atoms with van der Waals surface area (Å²) < 4.78 is 5.90. The van der Waals surface area contributed by atoms with Crippen molar-refractivity contribution in [1.29, 1.82) is 0 Å². The SMILES string of the molecule is CCCCCCCCC1CCC2Cc3c(cccc3OCC(=O)NCCN)CC12. The second-order valence-electron chi connectivity index (χ2n) is 9.05. The van der Waals surface area contributed by atoms with Crippen molar-refractivity contribution >= 4 is 5.91 Å². The lowest BCUT2D eigenvalue weighted by atomic mass is 9.73. The summed E-state index contributed by atoms with van der Waals surface area (Å²) >= 11 is 0. The number of unbranched alkanes of at least 4 members (excludes halogenated alkanes) is 5. The van der Waals surface area contributed by atoms with Gasteiger partial charge in [0.2, 0.25) is 0 Å². The zero-order valence-corrected chi connectivity index (χ0v) is 18.3. The number of nitrogens with two attached hydrogens (primary N) is 1. The molecule has 4 heteroatoms. The number of hydrogen-bond acceptors (Lipinski definition) is 3. The maximum absolute atomic E-state index is 11.9. The van der Waals surface area contributed by atoms with Gasteiger partial charge in [0.15, 0.2) is 6.61 Å². The zero-order chi connectivity index (χ0) is 20.5. The minimum atomic E-state index is -0.0957. The van der Waals surface area contributed by atoms with Crippen molar-refractivity contribution in [2.75, 3.05) is 19.7 Å². The summed E-state index contributed by atoms with van der Waals surface area (Å²) in [5.41, 5.74) is 8.23. The van der Waals surface area contributed by atoms with Gasteiger partial charge in [-0.2, -0.15) is 0 Å². The molecule has 1 fully saturated rings. The fourth-order valence-corrected chi connectivity index (χ4v) is 5.46. The summed E-state index contributed by atoms with van der Waals surface area (Å²) in [6.45, 7) is 3.31. The van der Waals surface area contributed by atoms with Gasteiger partial charge >= 0.3 is 0 Å². The predicted octanol–water partition coefficient (Wildman–Crippen LogP) is 4.63. The predicted molar refractivity (Wildman–Crippen MR) is 119 cm³/mol. The second-order valence-corrected chi connectivity index (χ2v) is 9.05. The van der Waals surface area contributed by atoms with E-state index in [1.165, 1.54) is 75.3 Å². The Hall–Kier alpha value is -1.55. The Kier molecular flexibility index (Phi) is 8.85. The van der Waals surface area contributed by atoms with Gasteiger partial charge in [-0.3, -0.25) is 4.79 Å². The van der Waals surface area contributed by atoms with E-state index in [0.717, 1.165) is 29.9 Å². The minimum absolute atomic E-state index is 0.0746. The van der Waals surface area contributed by atoms with E-state index in [1.807, 2.05) is 6.07 Å². The molecule has 2 aliphatic carbocycles. The Morgan fingerprint density at radius 3 is 2.79 bits per heavy atom. The van der Waals surface area contributed by atoms with Crippen LogP contribution in [0.25, 0.3) is 0 Å². The first-order chi connectivity index (χ1) is 14.2. The van der Waals surface area contributed by atoms with Gasteiger partial charge in [0, 0.05) is 13.1 Å². The Balaban J connectivity index is 1.52. The lowest BCUT2D eigenvalue weighted by molar-refractivity contribution is -0.123. The van der Waals surface area contributed by atoms with Crippen LogP contribution in [0.5, 0.6) is 5.75 Å². The van der Waals surface area contributed by atoms with Crippen LogP contribution in [-0.4, -0.2) is 25.6 Å². The quantitative estimate of drug-likeness (QED) is 0.503. The van der Waals surface area contributed by atoms with Crippen LogP contribution >= 0.6 is 0 Å². The topological polar surface area (TPSA) is 64.3 Å². The molecule has 0 heterocycles. The van der Waals surface area contributed by atoms with Crippen LogP contribution in [0.4, 0.5) is 0 Å². The molecule has 1 aromatic rings. The molecule has 2 aliphatic rings. The molecule has 1 amide bonds. The van der Waals surface area contributed by atoms with Crippen molar-refractivity contribution in [1.82, 2.24) is 5.32 Å². The molecule has 3 atom stereocenters. The monoisotopic (exact) mass is 400 g/mol. The van der Waals surface area contributed by atoms with Crippen LogP contribution in [0.3, 0.4) is 0 Å². The average molecular weight is 401 g/mol. The standard InChI is InChI=1S/C25H40N2O2/c1-2-3-4-5-6-7-9-19-12-13-21-17-23-20(16-22(19)21)10-8-11-24(23)29-18-25(28)27-15-14-26/h8,10-11,19,21-22H,2-7,9,12-18,26H2,1H3,(H,27,28). The Morgan fingerprint density at radius 2 is 1.97 bits per heavy atom. The van der Waals surface area contributed by atoms with Crippen LogP contribution in [0, 0.1) is 17.8 Å². The number of carbonyl (C=O) groups excluding carboxylic acids is 1. The van der Waals surface area contributed by atoms with Crippen LogP contribution < -0.4 is 15.8 Å². The highest BCUT2D eigenvalue weighted by Crippen LogP contribution is 2.48. The molecule has 1 saturated carbocycles. The Bertz CT molecular complexity index is 646. The summed E-state index contributed by atoms with van der Waals surface area (Å²) in [7, 11) is 0. The number of ether oxygens (including phenoxy) is 1. The van der Waals surface area contributed by atoms with Gasteiger partial charge < -0.3 is 15.8 Å². The highest BCUT2D eigenvalue weighted by molar-refractivity contribution is 5.77. The normalized spacial score (nSPS) is 22.8. The van der Waals surface area contributed by atoms with Crippen molar-refractivity contribution in [3.05, 3.63) is 29.3 Å². The van der Waals surface area contributed by atoms with Crippen LogP contribution in [-0.2, 0) is 17.6 Å². The van der Waals surface area contributed by atoms with Gasteiger partial charge in [0.1, 0.15) is 5.75 Å². The van der Waals surface area contributed by atoms with Crippen LogP contribution in [0.1, 0.15) is 75.8 Å². The van der Waals surface area contributed by atoms with Gasteiger partial charge in [0.05, 0.1) is 0 Å². The number of amides is 1. The summed E-state index contributed by atoms with van der Waals surface area (Å²) in [4.78, 5) is 11.9. The average Bonchev–Trinajstić information content (AvgIpc) is 3.13. The molecule has 29 heavy (non-hydrogen) atoms. The largest absolute Gasteiger partial charge is 0.483 e. The molecule has 0 bridgehead atoms. The van der Waals surface area contributed by atoms with Gasteiger partial charge in [0.25, 0.3) is 5.91 Å². The summed E-state index contributed by atoms with van der Waals surface area (Å²) in [6, 6.07) is 6.38. The van der Waals surface area contributed by atoms with Crippen molar-refractivity contribution in [2.45, 2.75) is 77.6 Å². The molecule has 3 rings (SSSR count). The number of fused-ring (bicyclic) bond motifs is 2. The lowest BCUT2D eigenvalue weighted by Crippen LogP contribution is -2.33. The maximum Gasteiger partial charge on any atom is 0.257 e. The third kappa shape index (κ3) is 6.21. The fraction of sp³-hybridized carbons (Fsp3) is 0.720. The molecule has 162 valence electrons. The molecular formula is C25H40N2O2. The van der Waals surface area contributed by atoms with E-state index in [-0.39, 0.29) is 12.5 Å². The molecule has 1 aromatic carbocycles. The smallest absolute Gasteiger partial charge is 0.257 e. The van der Waals surface area contributed by atoms with Crippen molar-refractivity contribution in [3.8, 4) is 5.75 Å². The molecule has 0 saturated heterocycles. The molecular weight excluding hydrogens is 360 g/mol. The molecule has 0 spiro atoms. The molecule has 0 aromatic heterocycles. The number of benzene rings is 1. The third-order valence-electron chi connectivity index (χ3n) is 7.02. The lowest BCUT2D eigenvalue weighted by Gasteiger charge is -2.32. The first kappa shape index (κ1) is 22.1. The summed E-state index contributed by atoms with van der Waals surface area (Å²) in [6.07, 6.45) is 14.8. The third-order valence-corrected chi connectivity index (χ3v) is 7.02. The molecule has 3 N–H and O–H groups in total. The Morgan fingerprint density at radius 1 is 1.14 bits per heavy atom. The van der Waals surface area contributed by atoms with Crippen LogP contribution in [0.2, 0.25) is 0 Å². The molecule has 4 nitrogen and oxygen atoms in total. The van der Waals surface area contributed by atoms with Crippen LogP contribution in [0.15, 0.2) is 18.2 Å². The maximum atomic E-state index is 11.9. The van der Waals surface area contributed by atoms with E-state index in [1.54, 1.807) is 0 Å².